The zero-order valence-corrected chi connectivity index (χ0v) is 22.8. The van der Waals surface area contributed by atoms with Crippen molar-refractivity contribution < 1.29 is 33.6 Å². The van der Waals surface area contributed by atoms with E-state index in [1.165, 1.54) is 24.3 Å². The highest BCUT2D eigenvalue weighted by Crippen LogP contribution is 2.37. The molecule has 0 aliphatic heterocycles. The van der Waals surface area contributed by atoms with E-state index in [0.717, 1.165) is 38.5 Å². The van der Waals surface area contributed by atoms with E-state index in [1.54, 1.807) is 0 Å². The fourth-order valence-corrected chi connectivity index (χ4v) is 3.67. The highest BCUT2D eigenvalue weighted by Gasteiger charge is 2.21. The van der Waals surface area contributed by atoms with E-state index >= 15 is 0 Å². The van der Waals surface area contributed by atoms with Gasteiger partial charge in [-0.1, -0.05) is 79.8 Å². The Balaban J connectivity index is 2.23. The Hall–Kier alpha value is -3.19. The van der Waals surface area contributed by atoms with Crippen LogP contribution in [0.15, 0.2) is 85.0 Å². The van der Waals surface area contributed by atoms with Crippen molar-refractivity contribution in [1.29, 1.82) is 0 Å². The summed E-state index contributed by atoms with van der Waals surface area (Å²) >= 11 is 0. The van der Waals surface area contributed by atoms with Crippen molar-refractivity contribution in [3.05, 3.63) is 90.6 Å². The van der Waals surface area contributed by atoms with E-state index in [1.807, 2.05) is 12.2 Å². The van der Waals surface area contributed by atoms with Crippen molar-refractivity contribution in [3.8, 4) is 5.75 Å². The Morgan fingerprint density at radius 3 is 1.84 bits per heavy atom. The van der Waals surface area contributed by atoms with E-state index in [-0.39, 0.29) is 24.5 Å². The molecule has 0 aliphatic rings. The molecule has 1 atom stereocenters. The summed E-state index contributed by atoms with van der Waals surface area (Å²) in [5, 5.41) is 12.0. The van der Waals surface area contributed by atoms with Gasteiger partial charge in [0.25, 0.3) is 0 Å². The number of carbonyl (C=O) groups is 2. The number of carboxylic acid groups (broad SMARTS) is 1. The molecule has 1 amide bonds. The molecule has 0 fully saturated rings. The average Bonchev–Trinajstić information content (AvgIpc) is 2.85. The lowest BCUT2D eigenvalue weighted by molar-refractivity contribution is -0.141. The molecular weight excluding hydrogens is 505 g/mol. The maximum atomic E-state index is 12.2. The van der Waals surface area contributed by atoms with Crippen LogP contribution in [0.2, 0.25) is 0 Å². The van der Waals surface area contributed by atoms with Crippen LogP contribution in [0.1, 0.15) is 63.9 Å². The highest BCUT2D eigenvalue weighted by molar-refractivity contribution is 7.46. The minimum absolute atomic E-state index is 0.0338. The van der Waals surface area contributed by atoms with Gasteiger partial charge in [0.2, 0.25) is 5.91 Å². The lowest BCUT2D eigenvalue weighted by atomic mass is 10.1. The van der Waals surface area contributed by atoms with Crippen LogP contribution in [0.25, 0.3) is 0 Å². The summed E-state index contributed by atoms with van der Waals surface area (Å²) in [6, 6.07) is 4.55. The van der Waals surface area contributed by atoms with Crippen molar-refractivity contribution in [2.24, 2.45) is 0 Å². The zero-order chi connectivity index (χ0) is 28.1. The molecule has 0 aromatic heterocycles. The van der Waals surface area contributed by atoms with Gasteiger partial charge >= 0.3 is 13.8 Å². The van der Waals surface area contributed by atoms with Crippen LogP contribution in [0.4, 0.5) is 0 Å². The molecule has 0 bridgehead atoms. The topological polar surface area (TPSA) is 133 Å². The van der Waals surface area contributed by atoms with Gasteiger partial charge in [0.1, 0.15) is 11.8 Å². The Labute approximate surface area is 225 Å². The Kier molecular flexibility index (Phi) is 17.2. The molecule has 38 heavy (non-hydrogen) atoms. The summed E-state index contributed by atoms with van der Waals surface area (Å²) in [6.07, 6.45) is 27.5. The Bertz CT molecular complexity index is 1020. The predicted octanol–water partition coefficient (Wildman–Crippen LogP) is 6.19. The first-order chi connectivity index (χ1) is 18.2. The third kappa shape index (κ3) is 18.1. The van der Waals surface area contributed by atoms with Crippen LogP contribution >= 0.6 is 7.82 Å². The average molecular weight is 546 g/mol. The first-order valence-corrected chi connectivity index (χ1v) is 14.4. The number of unbranched alkanes of at least 4 members (excludes halogenated alkanes) is 1. The summed E-state index contributed by atoms with van der Waals surface area (Å²) in [5.74, 6) is -1.54. The monoisotopic (exact) mass is 545 g/mol. The third-order valence-electron chi connectivity index (χ3n) is 5.15. The van der Waals surface area contributed by atoms with Crippen molar-refractivity contribution in [2.75, 3.05) is 0 Å². The second-order valence-electron chi connectivity index (χ2n) is 8.49. The van der Waals surface area contributed by atoms with E-state index < -0.39 is 19.8 Å². The van der Waals surface area contributed by atoms with Crippen molar-refractivity contribution >= 4 is 19.7 Å². The van der Waals surface area contributed by atoms with Crippen LogP contribution < -0.4 is 9.84 Å². The maximum Gasteiger partial charge on any atom is 0.524 e. The smallest absolute Gasteiger partial charge is 0.480 e. The van der Waals surface area contributed by atoms with Crippen molar-refractivity contribution in [2.45, 2.75) is 70.8 Å². The number of benzene rings is 1. The number of aliphatic carboxylic acids is 1. The molecular formula is C29H40NO7P. The number of amides is 1. The van der Waals surface area contributed by atoms with Crippen LogP contribution in [0.3, 0.4) is 0 Å². The largest absolute Gasteiger partial charge is 0.524 e. The molecule has 1 aromatic rings. The zero-order valence-electron chi connectivity index (χ0n) is 21.9. The summed E-state index contributed by atoms with van der Waals surface area (Å²) in [4.78, 5) is 41.4. The minimum atomic E-state index is -4.66. The number of rotatable bonds is 19. The first-order valence-electron chi connectivity index (χ1n) is 12.8. The molecule has 208 valence electrons. The summed E-state index contributed by atoms with van der Waals surface area (Å²) in [5.41, 5.74) is 0.578. The van der Waals surface area contributed by atoms with Crippen LogP contribution in [-0.4, -0.2) is 32.8 Å². The third-order valence-corrected chi connectivity index (χ3v) is 5.60. The molecule has 0 radical (unpaired) electrons. The van der Waals surface area contributed by atoms with E-state index in [2.05, 4.69) is 65.4 Å². The lowest BCUT2D eigenvalue weighted by Gasteiger charge is -2.15. The van der Waals surface area contributed by atoms with Crippen molar-refractivity contribution in [1.82, 2.24) is 5.32 Å². The molecule has 0 unspecified atom stereocenters. The molecule has 1 rings (SSSR count). The normalized spacial score (nSPS) is 13.3. The maximum absolute atomic E-state index is 12.2. The van der Waals surface area contributed by atoms with Gasteiger partial charge in [-0.2, -0.15) is 0 Å². The van der Waals surface area contributed by atoms with Crippen LogP contribution in [0, 0.1) is 0 Å². The fourth-order valence-electron chi connectivity index (χ4n) is 3.28. The standard InChI is InChI=1S/C29H40NO7P/c1-2-3-4-5-6-7-8-9-10-11-12-13-14-15-16-17-18-19-28(31)30-27(29(32)33)24-25-20-22-26(23-21-25)37-38(34,35)36/h3-4,6-7,9-10,12-13,15-16,20-23,27H,2,5,8,11,14,17-19,24H2,1H3,(H,30,31)(H,32,33)(H2,34,35,36)/t27-/m0/s1. The second-order valence-corrected chi connectivity index (χ2v) is 9.65. The second kappa shape index (κ2) is 19.9. The molecule has 9 heteroatoms. The Morgan fingerprint density at radius 2 is 1.37 bits per heavy atom. The molecule has 1 aromatic carbocycles. The number of phosphoric acid groups is 1. The van der Waals surface area contributed by atoms with Crippen LogP contribution in [0.5, 0.6) is 5.75 Å². The van der Waals surface area contributed by atoms with Gasteiger partial charge in [-0.05, 0) is 62.6 Å². The van der Waals surface area contributed by atoms with Gasteiger partial charge in [0, 0.05) is 12.8 Å². The van der Waals surface area contributed by atoms with E-state index in [9.17, 15) is 19.3 Å². The fraction of sp³-hybridized carbons (Fsp3) is 0.379. The first kappa shape index (κ1) is 32.8. The summed E-state index contributed by atoms with van der Waals surface area (Å²) in [7, 11) is -4.66. The molecule has 0 spiro atoms. The van der Waals surface area contributed by atoms with Crippen LogP contribution in [-0.2, 0) is 20.6 Å². The molecule has 0 aliphatic carbocycles. The highest BCUT2D eigenvalue weighted by atomic mass is 31.2. The van der Waals surface area contributed by atoms with Crippen molar-refractivity contribution in [3.63, 3.8) is 0 Å². The Morgan fingerprint density at radius 1 is 0.868 bits per heavy atom. The molecule has 4 N–H and O–H groups in total. The summed E-state index contributed by atoms with van der Waals surface area (Å²) in [6.45, 7) is 2.13. The molecule has 0 saturated carbocycles. The van der Waals surface area contributed by atoms with Gasteiger partial charge in [-0.25, -0.2) is 9.36 Å². The number of hydrogen-bond donors (Lipinski definition) is 4. The molecule has 0 saturated heterocycles. The lowest BCUT2D eigenvalue weighted by Crippen LogP contribution is -2.42. The number of hydrogen-bond acceptors (Lipinski definition) is 4. The van der Waals surface area contributed by atoms with Gasteiger partial charge in [0.15, 0.2) is 0 Å². The number of allylic oxidation sites excluding steroid dienone is 10. The quantitative estimate of drug-likeness (QED) is 0.0925. The predicted molar refractivity (Wildman–Crippen MR) is 151 cm³/mol. The number of phosphoric ester groups is 1. The van der Waals surface area contributed by atoms with Gasteiger partial charge in [-0.3, -0.25) is 14.6 Å². The van der Waals surface area contributed by atoms with Gasteiger partial charge in [-0.15, -0.1) is 0 Å². The molecule has 8 nitrogen and oxygen atoms in total. The van der Waals surface area contributed by atoms with E-state index in [0.29, 0.717) is 12.0 Å². The van der Waals surface area contributed by atoms with Gasteiger partial charge < -0.3 is 14.9 Å². The van der Waals surface area contributed by atoms with Gasteiger partial charge in [0.05, 0.1) is 0 Å². The minimum Gasteiger partial charge on any atom is -0.480 e. The number of carbonyl (C=O) groups excluding carboxylic acids is 1. The summed E-state index contributed by atoms with van der Waals surface area (Å²) < 4.78 is 15.3. The number of carboxylic acids is 1. The SMILES string of the molecule is CCC=CCC=CCC=CCC=CCC=CCCCC(=O)N[C@@H](Cc1ccc(OP(=O)(O)O)cc1)C(=O)O. The molecule has 0 heterocycles. The van der Waals surface area contributed by atoms with E-state index in [4.69, 9.17) is 9.79 Å². The number of nitrogens with one attached hydrogen (secondary N) is 1.